The van der Waals surface area contributed by atoms with E-state index in [1.54, 1.807) is 0 Å². The molecule has 68 valence electrons. The van der Waals surface area contributed by atoms with Gasteiger partial charge in [0.05, 0.1) is 11.7 Å². The Labute approximate surface area is 82.2 Å². The molecule has 2 heterocycles. The van der Waals surface area contributed by atoms with Crippen LogP contribution in [0.15, 0.2) is 24.5 Å². The maximum atomic E-state index is 5.87. The summed E-state index contributed by atoms with van der Waals surface area (Å²) in [6.45, 7) is 4.26. The minimum atomic E-state index is 0.434. The first kappa shape index (κ1) is 8.57. The lowest BCUT2D eigenvalue weighted by atomic mass is 10.2. The Morgan fingerprint density at radius 2 is 2.23 bits per heavy atom. The van der Waals surface area contributed by atoms with Gasteiger partial charge in [-0.3, -0.25) is 0 Å². The molecule has 2 rings (SSSR count). The third kappa shape index (κ3) is 1.42. The van der Waals surface area contributed by atoms with Crippen LogP contribution in [0.1, 0.15) is 25.6 Å². The molecule has 2 nitrogen and oxygen atoms in total. The number of hydrogen-bond donors (Lipinski definition) is 0. The summed E-state index contributed by atoms with van der Waals surface area (Å²) in [6.07, 6.45) is 3.81. The molecule has 0 N–H and O–H groups in total. The number of pyridine rings is 1. The summed E-state index contributed by atoms with van der Waals surface area (Å²) in [7, 11) is 0. The Morgan fingerprint density at radius 3 is 2.92 bits per heavy atom. The van der Waals surface area contributed by atoms with Gasteiger partial charge < -0.3 is 4.40 Å². The van der Waals surface area contributed by atoms with E-state index >= 15 is 0 Å². The molecule has 13 heavy (non-hydrogen) atoms. The summed E-state index contributed by atoms with van der Waals surface area (Å²) >= 11 is 5.87. The van der Waals surface area contributed by atoms with Crippen LogP contribution in [0.4, 0.5) is 0 Å². The van der Waals surface area contributed by atoms with Crippen molar-refractivity contribution in [1.82, 2.24) is 9.38 Å². The molecule has 0 fully saturated rings. The molecule has 0 saturated heterocycles. The van der Waals surface area contributed by atoms with Gasteiger partial charge >= 0.3 is 0 Å². The van der Waals surface area contributed by atoms with Crippen molar-refractivity contribution in [3.05, 3.63) is 35.4 Å². The predicted octanol–water partition coefficient (Wildman–Crippen LogP) is 3.11. The molecular weight excluding hydrogens is 184 g/mol. The van der Waals surface area contributed by atoms with Crippen molar-refractivity contribution >= 4 is 17.1 Å². The fourth-order valence-corrected chi connectivity index (χ4v) is 1.59. The number of fused-ring (bicyclic) bond motifs is 1. The first-order valence-electron chi connectivity index (χ1n) is 4.31. The van der Waals surface area contributed by atoms with Gasteiger partial charge in [-0.15, -0.1) is 0 Å². The average Bonchev–Trinajstić information content (AvgIpc) is 2.46. The molecule has 0 aliphatic carbocycles. The Bertz CT molecular complexity index is 431. The van der Waals surface area contributed by atoms with Crippen molar-refractivity contribution in [2.24, 2.45) is 0 Å². The van der Waals surface area contributed by atoms with Crippen molar-refractivity contribution in [2.75, 3.05) is 0 Å². The van der Waals surface area contributed by atoms with Gasteiger partial charge in [0.25, 0.3) is 0 Å². The molecule has 2 aromatic heterocycles. The number of aromatic nitrogens is 2. The fourth-order valence-electron chi connectivity index (χ4n) is 1.42. The van der Waals surface area contributed by atoms with Crippen molar-refractivity contribution in [1.29, 1.82) is 0 Å². The molecule has 0 saturated carbocycles. The van der Waals surface area contributed by atoms with Gasteiger partial charge in [-0.05, 0) is 12.1 Å². The average molecular weight is 195 g/mol. The zero-order chi connectivity index (χ0) is 9.42. The van der Waals surface area contributed by atoms with Gasteiger partial charge in [0.1, 0.15) is 5.82 Å². The van der Waals surface area contributed by atoms with E-state index in [4.69, 9.17) is 11.6 Å². The standard InChI is InChI=1S/C10H11ClN2/c1-7(2)10-12-6-9-5-8(11)3-4-13(9)10/h3-7H,1-2H3. The minimum absolute atomic E-state index is 0.434. The summed E-state index contributed by atoms with van der Waals surface area (Å²) in [5, 5.41) is 0.753. The van der Waals surface area contributed by atoms with Gasteiger partial charge in [-0.25, -0.2) is 4.98 Å². The van der Waals surface area contributed by atoms with Crippen LogP contribution in [0.3, 0.4) is 0 Å². The van der Waals surface area contributed by atoms with Gasteiger partial charge in [0.2, 0.25) is 0 Å². The fraction of sp³-hybridized carbons (Fsp3) is 0.300. The zero-order valence-corrected chi connectivity index (χ0v) is 8.42. The first-order valence-corrected chi connectivity index (χ1v) is 4.69. The molecule has 0 aromatic carbocycles. The van der Waals surface area contributed by atoms with Crippen molar-refractivity contribution in [3.8, 4) is 0 Å². The first-order chi connectivity index (χ1) is 6.18. The molecule has 0 aliphatic rings. The van der Waals surface area contributed by atoms with Crippen LogP contribution in [0, 0.1) is 0 Å². The lowest BCUT2D eigenvalue weighted by Crippen LogP contribution is -1.95. The molecule has 0 unspecified atom stereocenters. The second-order valence-electron chi connectivity index (χ2n) is 3.41. The van der Waals surface area contributed by atoms with Crippen LogP contribution in [0.25, 0.3) is 5.52 Å². The zero-order valence-electron chi connectivity index (χ0n) is 7.66. The van der Waals surface area contributed by atoms with Crippen LogP contribution < -0.4 is 0 Å². The van der Waals surface area contributed by atoms with E-state index in [2.05, 4.69) is 23.2 Å². The van der Waals surface area contributed by atoms with Gasteiger partial charge in [0, 0.05) is 17.1 Å². The van der Waals surface area contributed by atoms with Crippen molar-refractivity contribution in [2.45, 2.75) is 19.8 Å². The van der Waals surface area contributed by atoms with E-state index in [9.17, 15) is 0 Å². The van der Waals surface area contributed by atoms with E-state index in [0.717, 1.165) is 16.4 Å². The Kier molecular flexibility index (Phi) is 2.00. The molecule has 3 heteroatoms. The topological polar surface area (TPSA) is 17.3 Å². The van der Waals surface area contributed by atoms with Crippen molar-refractivity contribution in [3.63, 3.8) is 0 Å². The number of nitrogens with zero attached hydrogens (tertiary/aromatic N) is 2. The van der Waals surface area contributed by atoms with Crippen LogP contribution in [0.5, 0.6) is 0 Å². The monoisotopic (exact) mass is 194 g/mol. The summed E-state index contributed by atoms with van der Waals surface area (Å²) < 4.78 is 2.07. The predicted molar refractivity (Wildman–Crippen MR) is 54.3 cm³/mol. The van der Waals surface area contributed by atoms with Gasteiger partial charge in [-0.1, -0.05) is 25.4 Å². The Balaban J connectivity index is 2.69. The molecule has 0 aliphatic heterocycles. The lowest BCUT2D eigenvalue weighted by Gasteiger charge is -2.03. The van der Waals surface area contributed by atoms with Crippen LogP contribution in [-0.2, 0) is 0 Å². The van der Waals surface area contributed by atoms with E-state index in [1.165, 1.54) is 0 Å². The maximum absolute atomic E-state index is 5.87. The summed E-state index contributed by atoms with van der Waals surface area (Å²) in [5.74, 6) is 1.51. The second-order valence-corrected chi connectivity index (χ2v) is 3.85. The van der Waals surface area contributed by atoms with Gasteiger partial charge in [-0.2, -0.15) is 0 Å². The quantitative estimate of drug-likeness (QED) is 0.682. The smallest absolute Gasteiger partial charge is 0.115 e. The Hall–Kier alpha value is -1.02. The molecule has 0 radical (unpaired) electrons. The van der Waals surface area contributed by atoms with Crippen LogP contribution >= 0.6 is 11.6 Å². The summed E-state index contributed by atoms with van der Waals surface area (Å²) in [6, 6.07) is 3.79. The molecule has 2 aromatic rings. The highest BCUT2D eigenvalue weighted by Crippen LogP contribution is 2.18. The molecular formula is C10H11ClN2. The third-order valence-electron chi connectivity index (χ3n) is 2.04. The highest BCUT2D eigenvalue weighted by atomic mass is 35.5. The van der Waals surface area contributed by atoms with E-state index in [-0.39, 0.29) is 0 Å². The highest BCUT2D eigenvalue weighted by molar-refractivity contribution is 6.30. The lowest BCUT2D eigenvalue weighted by molar-refractivity contribution is 0.770. The molecule has 0 amide bonds. The second kappa shape index (κ2) is 3.04. The van der Waals surface area contributed by atoms with Crippen LogP contribution in [0.2, 0.25) is 5.02 Å². The number of halogens is 1. The number of rotatable bonds is 1. The van der Waals surface area contributed by atoms with E-state index < -0.39 is 0 Å². The van der Waals surface area contributed by atoms with E-state index in [1.807, 2.05) is 24.5 Å². The summed E-state index contributed by atoms with van der Waals surface area (Å²) in [4.78, 5) is 4.34. The third-order valence-corrected chi connectivity index (χ3v) is 2.27. The minimum Gasteiger partial charge on any atom is -0.303 e. The Morgan fingerprint density at radius 1 is 1.46 bits per heavy atom. The summed E-state index contributed by atoms with van der Waals surface area (Å²) in [5.41, 5.74) is 1.05. The van der Waals surface area contributed by atoms with E-state index in [0.29, 0.717) is 5.92 Å². The number of imidazole rings is 1. The molecule has 0 atom stereocenters. The maximum Gasteiger partial charge on any atom is 0.115 e. The van der Waals surface area contributed by atoms with Gasteiger partial charge in [0.15, 0.2) is 0 Å². The molecule has 0 bridgehead atoms. The highest BCUT2D eigenvalue weighted by Gasteiger charge is 2.06. The molecule has 0 spiro atoms. The number of hydrogen-bond acceptors (Lipinski definition) is 1. The van der Waals surface area contributed by atoms with Crippen molar-refractivity contribution < 1.29 is 0 Å². The SMILES string of the molecule is CC(C)c1ncc2cc(Cl)ccn12. The van der Waals surface area contributed by atoms with Crippen LogP contribution in [-0.4, -0.2) is 9.38 Å². The largest absolute Gasteiger partial charge is 0.303 e. The normalized spacial score (nSPS) is 11.4.